The Morgan fingerprint density at radius 2 is 2.20 bits per heavy atom. The minimum absolute atomic E-state index is 0.0163. The maximum absolute atomic E-state index is 6.05. The molecule has 2 aromatic rings. The van der Waals surface area contributed by atoms with Gasteiger partial charge in [0, 0.05) is 29.2 Å². The highest BCUT2D eigenvalue weighted by atomic mass is 35.5. The van der Waals surface area contributed by atoms with Gasteiger partial charge in [-0.1, -0.05) is 17.7 Å². The number of pyridine rings is 1. The zero-order valence-corrected chi connectivity index (χ0v) is 9.63. The number of thiophene rings is 1. The van der Waals surface area contributed by atoms with Gasteiger partial charge in [0.15, 0.2) is 0 Å². The van der Waals surface area contributed by atoms with Gasteiger partial charge in [0.25, 0.3) is 0 Å². The summed E-state index contributed by atoms with van der Waals surface area (Å²) in [5.41, 5.74) is 7.06. The molecule has 0 aromatic carbocycles. The van der Waals surface area contributed by atoms with Crippen LogP contribution in [0.1, 0.15) is 16.6 Å². The van der Waals surface area contributed by atoms with Crippen LogP contribution in [0, 0.1) is 0 Å². The second kappa shape index (κ2) is 4.75. The van der Waals surface area contributed by atoms with E-state index in [-0.39, 0.29) is 6.04 Å². The van der Waals surface area contributed by atoms with E-state index < -0.39 is 0 Å². The molecule has 0 saturated heterocycles. The number of aromatic nitrogens is 1. The molecule has 0 radical (unpaired) electrons. The zero-order chi connectivity index (χ0) is 10.7. The molecule has 2 heterocycles. The molecule has 2 nitrogen and oxygen atoms in total. The summed E-state index contributed by atoms with van der Waals surface area (Å²) in [7, 11) is 0. The van der Waals surface area contributed by atoms with Crippen molar-refractivity contribution < 1.29 is 0 Å². The third-order valence-electron chi connectivity index (χ3n) is 2.11. The van der Waals surface area contributed by atoms with Crippen LogP contribution in [0.3, 0.4) is 0 Å². The number of hydrogen-bond acceptors (Lipinski definition) is 3. The van der Waals surface area contributed by atoms with Crippen molar-refractivity contribution in [1.29, 1.82) is 0 Å². The predicted molar refractivity (Wildman–Crippen MR) is 64.2 cm³/mol. The van der Waals surface area contributed by atoms with Crippen molar-refractivity contribution in [3.63, 3.8) is 0 Å². The fourth-order valence-corrected chi connectivity index (χ4v) is 2.43. The monoisotopic (exact) mass is 238 g/mol. The maximum atomic E-state index is 6.05. The van der Waals surface area contributed by atoms with E-state index >= 15 is 0 Å². The van der Waals surface area contributed by atoms with E-state index in [1.807, 2.05) is 30.3 Å². The summed E-state index contributed by atoms with van der Waals surface area (Å²) < 4.78 is 0.779. The minimum atomic E-state index is -0.0163. The van der Waals surface area contributed by atoms with Crippen molar-refractivity contribution in [1.82, 2.24) is 4.98 Å². The molecule has 0 aliphatic heterocycles. The Labute approximate surface area is 97.7 Å². The first kappa shape index (κ1) is 10.6. The summed E-state index contributed by atoms with van der Waals surface area (Å²) in [6.07, 6.45) is 2.53. The van der Waals surface area contributed by atoms with Crippen LogP contribution < -0.4 is 5.73 Å². The quantitative estimate of drug-likeness (QED) is 0.893. The van der Waals surface area contributed by atoms with E-state index in [0.717, 1.165) is 21.3 Å². The van der Waals surface area contributed by atoms with Gasteiger partial charge >= 0.3 is 0 Å². The van der Waals surface area contributed by atoms with Gasteiger partial charge in [-0.15, -0.1) is 11.3 Å². The standard InChI is InChI=1S/C11H11ClN2S/c12-11-5-4-10(15-11)9(13)7-8-3-1-2-6-14-8/h1-6,9H,7,13H2. The summed E-state index contributed by atoms with van der Waals surface area (Å²) in [4.78, 5) is 5.35. The average molecular weight is 239 g/mol. The van der Waals surface area contributed by atoms with Crippen molar-refractivity contribution in [3.05, 3.63) is 51.4 Å². The van der Waals surface area contributed by atoms with Crippen molar-refractivity contribution >= 4 is 22.9 Å². The maximum Gasteiger partial charge on any atom is 0.0931 e. The van der Waals surface area contributed by atoms with Gasteiger partial charge < -0.3 is 5.73 Å². The zero-order valence-electron chi connectivity index (χ0n) is 8.06. The number of hydrogen-bond donors (Lipinski definition) is 1. The molecule has 2 N–H and O–H groups in total. The minimum Gasteiger partial charge on any atom is -0.323 e. The van der Waals surface area contributed by atoms with Crippen LogP contribution in [0.15, 0.2) is 36.5 Å². The van der Waals surface area contributed by atoms with Crippen LogP contribution in [-0.4, -0.2) is 4.98 Å². The largest absolute Gasteiger partial charge is 0.323 e. The summed E-state index contributed by atoms with van der Waals surface area (Å²) in [5, 5.41) is 0. The van der Waals surface area contributed by atoms with E-state index in [1.54, 1.807) is 6.20 Å². The highest BCUT2D eigenvalue weighted by Crippen LogP contribution is 2.27. The molecular formula is C11H11ClN2S. The molecule has 15 heavy (non-hydrogen) atoms. The van der Waals surface area contributed by atoms with Crippen LogP contribution >= 0.6 is 22.9 Å². The highest BCUT2D eigenvalue weighted by molar-refractivity contribution is 7.16. The van der Waals surface area contributed by atoms with E-state index in [4.69, 9.17) is 17.3 Å². The lowest BCUT2D eigenvalue weighted by atomic mass is 10.1. The Hall–Kier alpha value is -0.900. The van der Waals surface area contributed by atoms with E-state index in [0.29, 0.717) is 0 Å². The fourth-order valence-electron chi connectivity index (χ4n) is 1.37. The lowest BCUT2D eigenvalue weighted by Gasteiger charge is -2.08. The summed E-state index contributed by atoms with van der Waals surface area (Å²) >= 11 is 7.38. The van der Waals surface area contributed by atoms with Crippen LogP contribution in [0.2, 0.25) is 4.34 Å². The molecule has 0 amide bonds. The Morgan fingerprint density at radius 1 is 1.33 bits per heavy atom. The molecule has 0 saturated carbocycles. The second-order valence-corrected chi connectivity index (χ2v) is 5.02. The molecule has 4 heteroatoms. The van der Waals surface area contributed by atoms with Gasteiger partial charge in [0.05, 0.1) is 4.34 Å². The molecular weight excluding hydrogens is 228 g/mol. The van der Waals surface area contributed by atoms with Gasteiger partial charge in [-0.3, -0.25) is 4.98 Å². The van der Waals surface area contributed by atoms with Crippen molar-refractivity contribution in [2.75, 3.05) is 0 Å². The highest BCUT2D eigenvalue weighted by Gasteiger charge is 2.09. The van der Waals surface area contributed by atoms with Crippen LogP contribution in [0.5, 0.6) is 0 Å². The third-order valence-corrected chi connectivity index (χ3v) is 3.48. The normalized spacial score (nSPS) is 12.7. The molecule has 78 valence electrons. The van der Waals surface area contributed by atoms with Crippen molar-refractivity contribution in [2.24, 2.45) is 5.73 Å². The lowest BCUT2D eigenvalue weighted by Crippen LogP contribution is -2.12. The first-order valence-corrected chi connectivity index (χ1v) is 5.86. The first-order valence-electron chi connectivity index (χ1n) is 4.66. The van der Waals surface area contributed by atoms with E-state index in [1.165, 1.54) is 11.3 Å². The first-order chi connectivity index (χ1) is 7.25. The van der Waals surface area contributed by atoms with Crippen LogP contribution in [0.4, 0.5) is 0 Å². The predicted octanol–water partition coefficient (Wildman–Crippen LogP) is 3.04. The smallest absolute Gasteiger partial charge is 0.0931 e. The molecule has 1 unspecified atom stereocenters. The second-order valence-electron chi connectivity index (χ2n) is 3.27. The Morgan fingerprint density at radius 3 is 2.80 bits per heavy atom. The molecule has 2 rings (SSSR count). The topological polar surface area (TPSA) is 38.9 Å². The van der Waals surface area contributed by atoms with Gasteiger partial charge in [0.2, 0.25) is 0 Å². The number of nitrogens with two attached hydrogens (primary N) is 1. The fraction of sp³-hybridized carbons (Fsp3) is 0.182. The van der Waals surface area contributed by atoms with Gasteiger partial charge in [-0.2, -0.15) is 0 Å². The van der Waals surface area contributed by atoms with E-state index in [2.05, 4.69) is 4.98 Å². The Balaban J connectivity index is 2.07. The molecule has 0 spiro atoms. The molecule has 0 fully saturated rings. The van der Waals surface area contributed by atoms with Crippen molar-refractivity contribution in [3.8, 4) is 0 Å². The van der Waals surface area contributed by atoms with Crippen LogP contribution in [-0.2, 0) is 6.42 Å². The molecule has 0 aliphatic carbocycles. The average Bonchev–Trinajstić information content (AvgIpc) is 2.66. The number of halogens is 1. The van der Waals surface area contributed by atoms with Gasteiger partial charge in [-0.05, 0) is 24.3 Å². The molecule has 0 aliphatic rings. The summed E-state index contributed by atoms with van der Waals surface area (Å²) in [5.74, 6) is 0. The molecule has 2 aromatic heterocycles. The van der Waals surface area contributed by atoms with E-state index in [9.17, 15) is 0 Å². The summed E-state index contributed by atoms with van der Waals surface area (Å²) in [6.45, 7) is 0. The molecule has 1 atom stereocenters. The number of nitrogens with zero attached hydrogens (tertiary/aromatic N) is 1. The molecule has 0 bridgehead atoms. The third kappa shape index (κ3) is 2.78. The Kier molecular flexibility index (Phi) is 3.36. The Bertz CT molecular complexity index is 427. The lowest BCUT2D eigenvalue weighted by molar-refractivity contribution is 0.720. The number of rotatable bonds is 3. The SMILES string of the molecule is NC(Cc1ccccn1)c1ccc(Cl)s1. The van der Waals surface area contributed by atoms with Crippen LogP contribution in [0.25, 0.3) is 0 Å². The van der Waals surface area contributed by atoms with Gasteiger partial charge in [-0.25, -0.2) is 0 Å². The summed E-state index contributed by atoms with van der Waals surface area (Å²) in [6, 6.07) is 9.68. The van der Waals surface area contributed by atoms with Gasteiger partial charge in [0.1, 0.15) is 0 Å². The van der Waals surface area contributed by atoms with Crippen molar-refractivity contribution in [2.45, 2.75) is 12.5 Å².